The lowest BCUT2D eigenvalue weighted by molar-refractivity contribution is -0.157. The van der Waals surface area contributed by atoms with Gasteiger partial charge in [0.15, 0.2) is 0 Å². The van der Waals surface area contributed by atoms with E-state index in [0.29, 0.717) is 17.2 Å². The number of esters is 1. The maximum Gasteiger partial charge on any atom is 0.329 e. The summed E-state index contributed by atoms with van der Waals surface area (Å²) in [5, 5.41) is 2.97. The van der Waals surface area contributed by atoms with Gasteiger partial charge in [0.25, 0.3) is 5.91 Å². The van der Waals surface area contributed by atoms with Crippen molar-refractivity contribution in [2.75, 3.05) is 0 Å². The summed E-state index contributed by atoms with van der Waals surface area (Å²) >= 11 is 1.43. The van der Waals surface area contributed by atoms with Crippen LogP contribution in [0.3, 0.4) is 0 Å². The quantitative estimate of drug-likeness (QED) is 0.614. The Labute approximate surface area is 183 Å². The van der Waals surface area contributed by atoms with Crippen molar-refractivity contribution in [1.82, 2.24) is 10.3 Å². The van der Waals surface area contributed by atoms with Crippen LogP contribution in [0.4, 0.5) is 0 Å². The zero-order chi connectivity index (χ0) is 21.7. The van der Waals surface area contributed by atoms with Gasteiger partial charge in [0, 0.05) is 17.3 Å². The SMILES string of the molecule is Cc1cnccc1-c1ccc(C(=O)NC(CC2CCCCC2)C(=O)OC(C)(C)C)s1. The summed E-state index contributed by atoms with van der Waals surface area (Å²) in [6.45, 7) is 7.57. The second-order valence-corrected chi connectivity index (χ2v) is 10.2. The van der Waals surface area contributed by atoms with E-state index >= 15 is 0 Å². The number of hydrogen-bond acceptors (Lipinski definition) is 5. The van der Waals surface area contributed by atoms with Gasteiger partial charge in [-0.3, -0.25) is 9.78 Å². The Morgan fingerprint density at radius 2 is 1.93 bits per heavy atom. The first kappa shape index (κ1) is 22.5. The normalized spacial score (nSPS) is 16.1. The monoisotopic (exact) mass is 428 g/mol. The molecule has 30 heavy (non-hydrogen) atoms. The Kier molecular flexibility index (Phi) is 7.29. The van der Waals surface area contributed by atoms with Gasteiger partial charge in [-0.25, -0.2) is 4.79 Å². The summed E-state index contributed by atoms with van der Waals surface area (Å²) in [4.78, 5) is 31.5. The first-order chi connectivity index (χ1) is 14.2. The molecule has 2 aromatic heterocycles. The number of nitrogens with zero attached hydrogens (tertiary/aromatic N) is 1. The highest BCUT2D eigenvalue weighted by Gasteiger charge is 2.30. The van der Waals surface area contributed by atoms with Crippen molar-refractivity contribution in [2.45, 2.75) is 77.9 Å². The van der Waals surface area contributed by atoms with Crippen molar-refractivity contribution in [3.8, 4) is 10.4 Å². The molecule has 0 bridgehead atoms. The van der Waals surface area contributed by atoms with Crippen LogP contribution in [0.2, 0.25) is 0 Å². The Morgan fingerprint density at radius 3 is 2.60 bits per heavy atom. The van der Waals surface area contributed by atoms with Gasteiger partial charge in [0.05, 0.1) is 4.88 Å². The lowest BCUT2D eigenvalue weighted by Crippen LogP contribution is -2.45. The average Bonchev–Trinajstić information content (AvgIpc) is 3.17. The highest BCUT2D eigenvalue weighted by molar-refractivity contribution is 7.17. The molecule has 1 N–H and O–H groups in total. The van der Waals surface area contributed by atoms with Gasteiger partial charge in [0.2, 0.25) is 0 Å². The minimum Gasteiger partial charge on any atom is -0.458 e. The predicted molar refractivity (Wildman–Crippen MR) is 121 cm³/mol. The van der Waals surface area contributed by atoms with Gasteiger partial charge >= 0.3 is 5.97 Å². The van der Waals surface area contributed by atoms with E-state index < -0.39 is 11.6 Å². The van der Waals surface area contributed by atoms with Crippen LogP contribution >= 0.6 is 11.3 Å². The standard InChI is InChI=1S/C24H32N2O3S/c1-16-15-25-13-12-18(16)20-10-11-21(30-20)22(27)26-19(23(28)29-24(2,3)4)14-17-8-6-5-7-9-17/h10-13,15,17,19H,5-9,14H2,1-4H3,(H,26,27). The van der Waals surface area contributed by atoms with Crippen LogP contribution in [0.25, 0.3) is 10.4 Å². The molecule has 0 saturated heterocycles. The van der Waals surface area contributed by atoms with Gasteiger partial charge in [-0.2, -0.15) is 0 Å². The van der Waals surface area contributed by atoms with Crippen molar-refractivity contribution in [3.63, 3.8) is 0 Å². The van der Waals surface area contributed by atoms with Gasteiger partial charge in [0.1, 0.15) is 11.6 Å². The number of nitrogens with one attached hydrogen (secondary N) is 1. The molecule has 0 spiro atoms. The van der Waals surface area contributed by atoms with Gasteiger partial charge in [-0.05, 0) is 69.4 Å². The largest absolute Gasteiger partial charge is 0.458 e. The van der Waals surface area contributed by atoms with Crippen LogP contribution in [-0.2, 0) is 9.53 Å². The Balaban J connectivity index is 1.73. The number of rotatable bonds is 6. The number of carbonyl (C=O) groups excluding carboxylic acids is 2. The van der Waals surface area contributed by atoms with Crippen molar-refractivity contribution in [2.24, 2.45) is 5.92 Å². The molecule has 1 fully saturated rings. The van der Waals surface area contributed by atoms with E-state index in [1.807, 2.05) is 52.1 Å². The molecule has 1 aliphatic rings. The highest BCUT2D eigenvalue weighted by atomic mass is 32.1. The Hall–Kier alpha value is -2.21. The fourth-order valence-corrected chi connectivity index (χ4v) is 4.93. The number of ether oxygens (including phenoxy) is 1. The summed E-state index contributed by atoms with van der Waals surface area (Å²) in [6.07, 6.45) is 10.1. The van der Waals surface area contributed by atoms with E-state index in [1.165, 1.54) is 30.6 Å². The van der Waals surface area contributed by atoms with Crippen molar-refractivity contribution >= 4 is 23.2 Å². The third-order valence-corrected chi connectivity index (χ3v) is 6.52. The number of amides is 1. The molecular weight excluding hydrogens is 396 g/mol. The molecule has 1 unspecified atom stereocenters. The van der Waals surface area contributed by atoms with Gasteiger partial charge in [-0.1, -0.05) is 32.1 Å². The zero-order valence-electron chi connectivity index (χ0n) is 18.4. The number of hydrogen-bond donors (Lipinski definition) is 1. The molecule has 6 heteroatoms. The first-order valence-corrected chi connectivity index (χ1v) is 11.6. The van der Waals surface area contributed by atoms with Crippen LogP contribution < -0.4 is 5.32 Å². The highest BCUT2D eigenvalue weighted by Crippen LogP contribution is 2.31. The molecule has 1 saturated carbocycles. The maximum absolute atomic E-state index is 13.0. The Morgan fingerprint density at radius 1 is 1.20 bits per heavy atom. The molecule has 1 atom stereocenters. The third-order valence-electron chi connectivity index (χ3n) is 5.41. The van der Waals surface area contributed by atoms with E-state index in [2.05, 4.69) is 10.3 Å². The molecule has 162 valence electrons. The molecular formula is C24H32N2O3S. The van der Waals surface area contributed by atoms with Crippen LogP contribution in [0.15, 0.2) is 30.6 Å². The second kappa shape index (κ2) is 9.73. The zero-order valence-corrected chi connectivity index (χ0v) is 19.2. The summed E-state index contributed by atoms with van der Waals surface area (Å²) in [7, 11) is 0. The van der Waals surface area contributed by atoms with Gasteiger partial charge in [-0.15, -0.1) is 11.3 Å². The van der Waals surface area contributed by atoms with Crippen LogP contribution in [0, 0.1) is 12.8 Å². The van der Waals surface area contributed by atoms with Crippen LogP contribution in [-0.4, -0.2) is 28.5 Å². The summed E-state index contributed by atoms with van der Waals surface area (Å²) < 4.78 is 5.61. The molecule has 0 aromatic carbocycles. The number of thiophene rings is 1. The molecule has 5 nitrogen and oxygen atoms in total. The lowest BCUT2D eigenvalue weighted by atomic mass is 9.84. The predicted octanol–water partition coefficient (Wildman–Crippen LogP) is 5.53. The molecule has 1 amide bonds. The van der Waals surface area contributed by atoms with E-state index in [1.54, 1.807) is 6.20 Å². The number of carbonyl (C=O) groups is 2. The Bertz CT molecular complexity index is 879. The molecule has 0 radical (unpaired) electrons. The summed E-state index contributed by atoms with van der Waals surface area (Å²) in [5.41, 5.74) is 1.55. The fraction of sp³-hybridized carbons (Fsp3) is 0.542. The fourth-order valence-electron chi connectivity index (χ4n) is 3.93. The van der Waals surface area contributed by atoms with E-state index in [4.69, 9.17) is 4.74 Å². The van der Waals surface area contributed by atoms with E-state index in [-0.39, 0.29) is 11.9 Å². The molecule has 0 aliphatic heterocycles. The molecule has 3 rings (SSSR count). The number of pyridine rings is 1. The third kappa shape index (κ3) is 6.14. The minimum absolute atomic E-state index is 0.218. The smallest absolute Gasteiger partial charge is 0.329 e. The number of aromatic nitrogens is 1. The number of aryl methyl sites for hydroxylation is 1. The van der Waals surface area contributed by atoms with Crippen molar-refractivity contribution in [3.05, 3.63) is 41.0 Å². The molecule has 1 aliphatic carbocycles. The van der Waals surface area contributed by atoms with Crippen molar-refractivity contribution in [1.29, 1.82) is 0 Å². The molecule has 2 aromatic rings. The first-order valence-electron chi connectivity index (χ1n) is 10.8. The van der Waals surface area contributed by atoms with Gasteiger partial charge < -0.3 is 10.1 Å². The second-order valence-electron chi connectivity index (χ2n) is 9.15. The minimum atomic E-state index is -0.618. The average molecular weight is 429 g/mol. The van der Waals surface area contributed by atoms with Crippen LogP contribution in [0.5, 0.6) is 0 Å². The summed E-state index contributed by atoms with van der Waals surface area (Å²) in [6, 6.07) is 5.11. The topological polar surface area (TPSA) is 68.3 Å². The van der Waals surface area contributed by atoms with Crippen molar-refractivity contribution < 1.29 is 14.3 Å². The lowest BCUT2D eigenvalue weighted by Gasteiger charge is -2.28. The molecule has 2 heterocycles. The van der Waals surface area contributed by atoms with Crippen LogP contribution in [0.1, 0.15) is 74.5 Å². The maximum atomic E-state index is 13.0. The van der Waals surface area contributed by atoms with E-state index in [0.717, 1.165) is 28.8 Å². The van der Waals surface area contributed by atoms with E-state index in [9.17, 15) is 9.59 Å². The summed E-state index contributed by atoms with van der Waals surface area (Å²) in [5.74, 6) is -0.109.